The summed E-state index contributed by atoms with van der Waals surface area (Å²) in [6.07, 6.45) is 0. The van der Waals surface area contributed by atoms with Crippen molar-refractivity contribution < 1.29 is 4.42 Å². The van der Waals surface area contributed by atoms with Gasteiger partial charge in [-0.2, -0.15) is 0 Å². The van der Waals surface area contributed by atoms with Crippen LogP contribution in [0.4, 0.5) is 0 Å². The highest BCUT2D eigenvalue weighted by atomic mass is 32.1. The predicted octanol–water partition coefficient (Wildman–Crippen LogP) is 10.7. The molecule has 9 aromatic rings. The molecule has 0 bridgehead atoms. The summed E-state index contributed by atoms with van der Waals surface area (Å²) in [6.45, 7) is 0. The lowest BCUT2D eigenvalue weighted by molar-refractivity contribution is 0.669. The Hall–Kier alpha value is -4.86. The molecule has 0 saturated heterocycles. The number of rotatable bonds is 2. The van der Waals surface area contributed by atoms with E-state index in [4.69, 9.17) is 4.42 Å². The molecule has 39 heavy (non-hydrogen) atoms. The summed E-state index contributed by atoms with van der Waals surface area (Å²) in [5.74, 6) is 0. The van der Waals surface area contributed by atoms with E-state index in [0.29, 0.717) is 0 Å². The largest absolute Gasteiger partial charge is 0.456 e. The zero-order chi connectivity index (χ0) is 25.5. The van der Waals surface area contributed by atoms with Crippen LogP contribution in [0, 0.1) is 0 Å². The van der Waals surface area contributed by atoms with Gasteiger partial charge in [-0.05, 0) is 59.7 Å². The molecule has 0 atom stereocenters. The highest BCUT2D eigenvalue weighted by Gasteiger charge is 2.16. The second-order valence-corrected chi connectivity index (χ2v) is 11.2. The van der Waals surface area contributed by atoms with E-state index >= 15 is 0 Å². The van der Waals surface area contributed by atoms with Crippen molar-refractivity contribution in [3.05, 3.63) is 127 Å². The van der Waals surface area contributed by atoms with Crippen LogP contribution in [0.25, 0.3) is 80.7 Å². The van der Waals surface area contributed by atoms with Crippen molar-refractivity contribution in [1.29, 1.82) is 0 Å². The molecule has 2 nitrogen and oxygen atoms in total. The highest BCUT2D eigenvalue weighted by Crippen LogP contribution is 2.42. The van der Waals surface area contributed by atoms with Crippen molar-refractivity contribution in [2.75, 3.05) is 0 Å². The molecular formula is C36H21NOS. The van der Waals surface area contributed by atoms with Crippen LogP contribution in [0.3, 0.4) is 0 Å². The topological polar surface area (TPSA) is 18.1 Å². The lowest BCUT2D eigenvalue weighted by Crippen LogP contribution is -1.93. The van der Waals surface area contributed by atoms with E-state index in [1.54, 1.807) is 0 Å². The summed E-state index contributed by atoms with van der Waals surface area (Å²) in [5, 5.41) is 7.48. The number of furan rings is 1. The standard InChI is InChI=1S/C36H21NOS/c1-4-13-31-25(8-1)26-9-2-5-14-32(26)37(31)23-17-19-35-30(21-23)29-12-7-11-24(36(29)39-35)22-16-18-28-27-10-3-6-15-33(27)38-34(28)20-22/h1-21H. The van der Waals surface area contributed by atoms with E-state index in [-0.39, 0.29) is 0 Å². The van der Waals surface area contributed by atoms with Gasteiger partial charge in [-0.1, -0.05) is 78.9 Å². The Morgan fingerprint density at radius 3 is 2.00 bits per heavy atom. The number of benzene rings is 6. The molecule has 3 heteroatoms. The van der Waals surface area contributed by atoms with Gasteiger partial charge in [-0.15, -0.1) is 11.3 Å². The SMILES string of the molecule is c1ccc2c(c1)oc1cc(-c3cccc4c3sc3ccc(-n5c6ccccc6c6ccccc65)cc34)ccc12. The third kappa shape index (κ3) is 2.96. The average Bonchev–Trinajstić information content (AvgIpc) is 3.66. The van der Waals surface area contributed by atoms with Crippen molar-refractivity contribution in [1.82, 2.24) is 4.57 Å². The minimum absolute atomic E-state index is 0.931. The summed E-state index contributed by atoms with van der Waals surface area (Å²) in [7, 11) is 0. The fraction of sp³-hybridized carbons (Fsp3) is 0. The summed E-state index contributed by atoms with van der Waals surface area (Å²) in [6, 6.07) is 45.8. The molecule has 0 saturated carbocycles. The Morgan fingerprint density at radius 1 is 0.487 bits per heavy atom. The van der Waals surface area contributed by atoms with Gasteiger partial charge in [0.2, 0.25) is 0 Å². The molecule has 0 aliphatic carbocycles. The maximum Gasteiger partial charge on any atom is 0.136 e. The van der Waals surface area contributed by atoms with E-state index < -0.39 is 0 Å². The van der Waals surface area contributed by atoms with Gasteiger partial charge >= 0.3 is 0 Å². The van der Waals surface area contributed by atoms with Gasteiger partial charge in [0.15, 0.2) is 0 Å². The van der Waals surface area contributed by atoms with Gasteiger partial charge < -0.3 is 8.98 Å². The van der Waals surface area contributed by atoms with Crippen molar-refractivity contribution in [3.63, 3.8) is 0 Å². The van der Waals surface area contributed by atoms with E-state index in [0.717, 1.165) is 21.9 Å². The van der Waals surface area contributed by atoms with Gasteiger partial charge in [0.05, 0.1) is 11.0 Å². The van der Waals surface area contributed by atoms with Crippen LogP contribution in [0.15, 0.2) is 132 Å². The summed E-state index contributed by atoms with van der Waals surface area (Å²) >= 11 is 1.87. The zero-order valence-electron chi connectivity index (χ0n) is 20.9. The third-order valence-corrected chi connectivity index (χ3v) is 9.23. The Balaban J connectivity index is 1.27. The lowest BCUT2D eigenvalue weighted by Gasteiger charge is -2.08. The van der Waals surface area contributed by atoms with Gasteiger partial charge in [-0.25, -0.2) is 0 Å². The number of thiophene rings is 1. The molecule has 0 aliphatic rings. The molecular weight excluding hydrogens is 494 g/mol. The molecule has 3 aromatic heterocycles. The molecule has 0 fully saturated rings. The lowest BCUT2D eigenvalue weighted by atomic mass is 10.0. The van der Waals surface area contributed by atoms with Crippen molar-refractivity contribution in [2.45, 2.75) is 0 Å². The minimum Gasteiger partial charge on any atom is -0.456 e. The summed E-state index contributed by atoms with van der Waals surface area (Å²) < 4.78 is 11.2. The Morgan fingerprint density at radius 2 is 1.18 bits per heavy atom. The van der Waals surface area contributed by atoms with Crippen LogP contribution >= 0.6 is 11.3 Å². The molecule has 0 unspecified atom stereocenters. The predicted molar refractivity (Wildman–Crippen MR) is 166 cm³/mol. The Bertz CT molecular complexity index is 2350. The van der Waals surface area contributed by atoms with Gasteiger partial charge in [-0.3, -0.25) is 0 Å². The molecule has 0 N–H and O–H groups in total. The molecule has 0 amide bonds. The van der Waals surface area contributed by atoms with Crippen LogP contribution in [-0.4, -0.2) is 4.57 Å². The van der Waals surface area contributed by atoms with Crippen LogP contribution in [0.1, 0.15) is 0 Å². The quantitative estimate of drug-likeness (QED) is 0.224. The molecule has 182 valence electrons. The minimum atomic E-state index is 0.931. The van der Waals surface area contributed by atoms with Gasteiger partial charge in [0.25, 0.3) is 0 Å². The first-order chi connectivity index (χ1) is 19.3. The van der Waals surface area contributed by atoms with E-state index in [2.05, 4.69) is 120 Å². The smallest absolute Gasteiger partial charge is 0.136 e. The number of hydrogen-bond acceptors (Lipinski definition) is 2. The fourth-order valence-corrected chi connectivity index (χ4v) is 7.47. The van der Waals surface area contributed by atoms with Crippen LogP contribution in [-0.2, 0) is 0 Å². The second kappa shape index (κ2) is 7.83. The number of aromatic nitrogens is 1. The van der Waals surface area contributed by atoms with Crippen molar-refractivity contribution in [3.8, 4) is 16.8 Å². The number of hydrogen-bond donors (Lipinski definition) is 0. The summed E-state index contributed by atoms with van der Waals surface area (Å²) in [5.41, 5.74) is 7.95. The molecule has 0 spiro atoms. The maximum atomic E-state index is 6.21. The van der Waals surface area contributed by atoms with E-state index in [1.807, 2.05) is 23.5 Å². The zero-order valence-corrected chi connectivity index (χ0v) is 21.7. The third-order valence-electron chi connectivity index (χ3n) is 8.01. The first-order valence-electron chi connectivity index (χ1n) is 13.2. The molecule has 0 radical (unpaired) electrons. The van der Waals surface area contributed by atoms with Crippen LogP contribution in [0.2, 0.25) is 0 Å². The molecule has 9 rings (SSSR count). The van der Waals surface area contributed by atoms with Crippen LogP contribution < -0.4 is 0 Å². The number of fused-ring (bicyclic) bond motifs is 9. The summed E-state index contributed by atoms with van der Waals surface area (Å²) in [4.78, 5) is 0. The second-order valence-electron chi connectivity index (χ2n) is 10.1. The monoisotopic (exact) mass is 515 g/mol. The van der Waals surface area contributed by atoms with Crippen LogP contribution in [0.5, 0.6) is 0 Å². The van der Waals surface area contributed by atoms with Gasteiger partial charge in [0.1, 0.15) is 11.2 Å². The van der Waals surface area contributed by atoms with E-state index in [9.17, 15) is 0 Å². The fourth-order valence-electron chi connectivity index (χ4n) is 6.25. The Labute approximate surface area is 227 Å². The van der Waals surface area contributed by atoms with Crippen molar-refractivity contribution in [2.24, 2.45) is 0 Å². The maximum absolute atomic E-state index is 6.21. The average molecular weight is 516 g/mol. The molecule has 3 heterocycles. The first-order valence-corrected chi connectivity index (χ1v) is 14.0. The van der Waals surface area contributed by atoms with Crippen molar-refractivity contribution >= 4 is 75.3 Å². The first kappa shape index (κ1) is 21.1. The highest BCUT2D eigenvalue weighted by molar-refractivity contribution is 7.26. The van der Waals surface area contributed by atoms with Gasteiger partial charge in [0, 0.05) is 47.4 Å². The number of nitrogens with zero attached hydrogens (tertiary/aromatic N) is 1. The Kier molecular flexibility index (Phi) is 4.24. The molecule has 0 aliphatic heterocycles. The number of para-hydroxylation sites is 3. The van der Waals surface area contributed by atoms with E-state index in [1.165, 1.54) is 58.8 Å². The molecule has 6 aromatic carbocycles. The normalized spacial score (nSPS) is 12.1.